The summed E-state index contributed by atoms with van der Waals surface area (Å²) in [4.78, 5) is 0.806. The van der Waals surface area contributed by atoms with Gasteiger partial charge in [0.15, 0.2) is 0 Å². The van der Waals surface area contributed by atoms with Crippen molar-refractivity contribution in [2.75, 3.05) is 0 Å². The van der Waals surface area contributed by atoms with Crippen molar-refractivity contribution in [2.45, 2.75) is 12.5 Å². The lowest BCUT2D eigenvalue weighted by Crippen LogP contribution is -2.07. The van der Waals surface area contributed by atoms with Gasteiger partial charge in [0.1, 0.15) is 17.5 Å². The maximum absolute atomic E-state index is 13.4. The number of aliphatic hydroxyl groups is 1. The molecule has 2 rings (SSSR count). The van der Waals surface area contributed by atoms with E-state index in [-0.39, 0.29) is 6.42 Å². The minimum absolute atomic E-state index is 0.108. The van der Waals surface area contributed by atoms with Crippen LogP contribution in [-0.4, -0.2) is 5.11 Å². The molecule has 0 radical (unpaired) electrons. The van der Waals surface area contributed by atoms with Gasteiger partial charge in [0.05, 0.1) is 11.7 Å². The molecule has 0 amide bonds. The Hall–Kier alpha value is -1.33. The molecule has 0 aliphatic carbocycles. The molecule has 1 heterocycles. The van der Waals surface area contributed by atoms with Gasteiger partial charge in [-0.05, 0) is 11.4 Å². The van der Waals surface area contributed by atoms with Gasteiger partial charge >= 0.3 is 0 Å². The monoisotopic (exact) mass is 258 g/mol. The van der Waals surface area contributed by atoms with E-state index >= 15 is 0 Å². The fraction of sp³-hybridized carbons (Fsp3) is 0.167. The largest absolute Gasteiger partial charge is 0.388 e. The molecule has 1 unspecified atom stereocenters. The number of hydrogen-bond donors (Lipinski definition) is 1. The van der Waals surface area contributed by atoms with E-state index in [1.54, 1.807) is 17.5 Å². The fourth-order valence-electron chi connectivity index (χ4n) is 1.59. The van der Waals surface area contributed by atoms with Crippen LogP contribution < -0.4 is 0 Å². The first kappa shape index (κ1) is 12.1. The molecule has 17 heavy (non-hydrogen) atoms. The second-order valence-corrected chi connectivity index (χ2v) is 4.61. The summed E-state index contributed by atoms with van der Waals surface area (Å²) < 4.78 is 39.4. The topological polar surface area (TPSA) is 20.2 Å². The number of benzene rings is 1. The number of hydrogen-bond acceptors (Lipinski definition) is 2. The van der Waals surface area contributed by atoms with E-state index in [9.17, 15) is 18.3 Å². The van der Waals surface area contributed by atoms with Gasteiger partial charge in [0.25, 0.3) is 0 Å². The zero-order valence-electron chi connectivity index (χ0n) is 8.66. The molecular formula is C12H9F3OS. The molecule has 2 aromatic rings. The van der Waals surface area contributed by atoms with E-state index in [1.165, 1.54) is 11.3 Å². The molecule has 1 aromatic carbocycles. The smallest absolute Gasteiger partial charge is 0.134 e. The highest BCUT2D eigenvalue weighted by atomic mass is 32.1. The average Bonchev–Trinajstić information content (AvgIpc) is 2.68. The molecule has 0 saturated heterocycles. The Labute approximate surface area is 100 Å². The molecule has 0 spiro atoms. The van der Waals surface area contributed by atoms with E-state index < -0.39 is 29.1 Å². The normalized spacial score (nSPS) is 12.7. The van der Waals surface area contributed by atoms with E-state index in [0.29, 0.717) is 12.1 Å². The molecule has 1 aromatic heterocycles. The number of aliphatic hydroxyl groups excluding tert-OH is 1. The van der Waals surface area contributed by atoms with Crippen LogP contribution in [-0.2, 0) is 6.42 Å². The summed E-state index contributed by atoms with van der Waals surface area (Å²) in [6.07, 6.45) is -1.20. The molecule has 0 saturated carbocycles. The molecule has 1 nitrogen and oxygen atoms in total. The molecule has 1 N–H and O–H groups in total. The minimum Gasteiger partial charge on any atom is -0.388 e. The van der Waals surface area contributed by atoms with Gasteiger partial charge in [-0.15, -0.1) is 11.3 Å². The SMILES string of the molecule is OC(Cc1cccs1)c1c(F)cc(F)cc1F. The molecule has 1 atom stereocenters. The quantitative estimate of drug-likeness (QED) is 0.894. The molecule has 90 valence electrons. The van der Waals surface area contributed by atoms with Gasteiger partial charge in [-0.2, -0.15) is 0 Å². The summed E-state index contributed by atoms with van der Waals surface area (Å²) >= 11 is 1.38. The van der Waals surface area contributed by atoms with Crippen LogP contribution in [0.1, 0.15) is 16.5 Å². The molecule has 0 bridgehead atoms. The van der Waals surface area contributed by atoms with E-state index in [2.05, 4.69) is 0 Å². The first-order valence-electron chi connectivity index (χ1n) is 4.93. The highest BCUT2D eigenvalue weighted by Gasteiger charge is 2.20. The highest BCUT2D eigenvalue weighted by Crippen LogP contribution is 2.26. The summed E-state index contributed by atoms with van der Waals surface area (Å²) in [6, 6.07) is 4.67. The Bertz CT molecular complexity index is 487. The Morgan fingerprint density at radius 1 is 1.18 bits per heavy atom. The van der Waals surface area contributed by atoms with Crippen LogP contribution in [0.5, 0.6) is 0 Å². The summed E-state index contributed by atoms with van der Waals surface area (Å²) in [7, 11) is 0. The van der Waals surface area contributed by atoms with Crippen LogP contribution in [0.25, 0.3) is 0 Å². The zero-order chi connectivity index (χ0) is 12.4. The second kappa shape index (κ2) is 4.89. The van der Waals surface area contributed by atoms with E-state index in [1.807, 2.05) is 0 Å². The molecule has 5 heteroatoms. The minimum atomic E-state index is -1.31. The maximum Gasteiger partial charge on any atom is 0.134 e. The van der Waals surface area contributed by atoms with Crippen LogP contribution in [0.15, 0.2) is 29.6 Å². The van der Waals surface area contributed by atoms with Crippen molar-refractivity contribution in [3.8, 4) is 0 Å². The highest BCUT2D eigenvalue weighted by molar-refractivity contribution is 7.09. The zero-order valence-corrected chi connectivity index (χ0v) is 9.48. The first-order chi connectivity index (χ1) is 8.08. The molecular weight excluding hydrogens is 249 g/mol. The van der Waals surface area contributed by atoms with Crippen molar-refractivity contribution in [3.63, 3.8) is 0 Å². The summed E-state index contributed by atoms with van der Waals surface area (Å²) in [5, 5.41) is 11.6. The van der Waals surface area contributed by atoms with Crippen molar-refractivity contribution in [2.24, 2.45) is 0 Å². The summed E-state index contributed by atoms with van der Waals surface area (Å²) in [5.74, 6) is -3.12. The molecule has 0 aliphatic heterocycles. The third-order valence-electron chi connectivity index (χ3n) is 2.35. The summed E-state index contributed by atoms with van der Waals surface area (Å²) in [5.41, 5.74) is -0.486. The third kappa shape index (κ3) is 2.68. The predicted molar refractivity (Wildman–Crippen MR) is 59.3 cm³/mol. The summed E-state index contributed by atoms with van der Waals surface area (Å²) in [6.45, 7) is 0. The van der Waals surface area contributed by atoms with Crippen LogP contribution in [0.4, 0.5) is 13.2 Å². The van der Waals surface area contributed by atoms with Crippen LogP contribution in [0, 0.1) is 17.5 Å². The van der Waals surface area contributed by atoms with Gasteiger partial charge in [-0.3, -0.25) is 0 Å². The van der Waals surface area contributed by atoms with Gasteiger partial charge in [-0.25, -0.2) is 13.2 Å². The standard InChI is InChI=1S/C12H9F3OS/c13-7-4-9(14)12(10(15)5-7)11(16)6-8-2-1-3-17-8/h1-5,11,16H,6H2. The first-order valence-corrected chi connectivity index (χ1v) is 5.81. The lowest BCUT2D eigenvalue weighted by Gasteiger charge is -2.12. The Kier molecular flexibility index (Phi) is 3.49. The van der Waals surface area contributed by atoms with Gasteiger partial charge in [0, 0.05) is 23.4 Å². The fourth-order valence-corrected chi connectivity index (χ4v) is 2.34. The van der Waals surface area contributed by atoms with Gasteiger partial charge < -0.3 is 5.11 Å². The Morgan fingerprint density at radius 3 is 2.35 bits per heavy atom. The van der Waals surface area contributed by atoms with Crippen LogP contribution >= 0.6 is 11.3 Å². The maximum atomic E-state index is 13.4. The third-order valence-corrected chi connectivity index (χ3v) is 3.25. The van der Waals surface area contributed by atoms with Crippen molar-refractivity contribution in [1.29, 1.82) is 0 Å². The van der Waals surface area contributed by atoms with Crippen molar-refractivity contribution in [1.82, 2.24) is 0 Å². The molecule has 0 aliphatic rings. The number of halogens is 3. The lowest BCUT2D eigenvalue weighted by molar-refractivity contribution is 0.169. The van der Waals surface area contributed by atoms with Crippen LogP contribution in [0.3, 0.4) is 0 Å². The lowest BCUT2D eigenvalue weighted by atomic mass is 10.0. The van der Waals surface area contributed by atoms with Gasteiger partial charge in [0.2, 0.25) is 0 Å². The average molecular weight is 258 g/mol. The Morgan fingerprint density at radius 2 is 1.82 bits per heavy atom. The van der Waals surface area contributed by atoms with E-state index in [4.69, 9.17) is 0 Å². The van der Waals surface area contributed by atoms with Crippen molar-refractivity contribution < 1.29 is 18.3 Å². The van der Waals surface area contributed by atoms with Crippen LogP contribution in [0.2, 0.25) is 0 Å². The predicted octanol–water partition coefficient (Wildman–Crippen LogP) is 3.44. The van der Waals surface area contributed by atoms with E-state index in [0.717, 1.165) is 4.88 Å². The molecule has 0 fully saturated rings. The van der Waals surface area contributed by atoms with Crippen molar-refractivity contribution in [3.05, 3.63) is 57.5 Å². The Balaban J connectivity index is 2.27. The van der Waals surface area contributed by atoms with Crippen molar-refractivity contribution >= 4 is 11.3 Å². The number of rotatable bonds is 3. The number of thiophene rings is 1. The van der Waals surface area contributed by atoms with Gasteiger partial charge in [-0.1, -0.05) is 6.07 Å². The second-order valence-electron chi connectivity index (χ2n) is 3.58.